The number of hydrogen-bond acceptors (Lipinski definition) is 6. The first-order chi connectivity index (χ1) is 9.86. The van der Waals surface area contributed by atoms with Crippen LogP contribution in [0.4, 0.5) is 5.69 Å². The number of nitro benzene ring substituents is 1. The molecule has 9 heteroatoms. The van der Waals surface area contributed by atoms with E-state index in [1.807, 2.05) is 0 Å². The fourth-order valence-electron chi connectivity index (χ4n) is 2.31. The minimum atomic E-state index is -3.78. The van der Waals surface area contributed by atoms with Crippen LogP contribution in [0.3, 0.4) is 0 Å². The van der Waals surface area contributed by atoms with E-state index in [1.165, 1.54) is 23.5 Å². The second kappa shape index (κ2) is 5.96. The lowest BCUT2D eigenvalue weighted by Crippen LogP contribution is -2.45. The molecule has 21 heavy (non-hydrogen) atoms. The van der Waals surface area contributed by atoms with Crippen LogP contribution >= 0.6 is 0 Å². The highest BCUT2D eigenvalue weighted by Gasteiger charge is 2.30. The summed E-state index contributed by atoms with van der Waals surface area (Å²) in [6.45, 7) is 0.595. The number of nitrogens with two attached hydrogens (primary N) is 1. The third-order valence-electron chi connectivity index (χ3n) is 3.41. The van der Waals surface area contributed by atoms with Crippen molar-refractivity contribution in [2.24, 2.45) is 5.73 Å². The highest BCUT2D eigenvalue weighted by atomic mass is 32.2. The molecule has 1 fully saturated rings. The number of methoxy groups -OCH3 is 1. The standard InChI is InChI=1S/C12H17N3O5S/c1-20-12-5-4-10(7-11(12)15(16)17)21(18,19)14-6-2-3-9(13)8-14/h4-5,7,9H,2-3,6,8,13H2,1H3/t9-/m1/s1. The van der Waals surface area contributed by atoms with Crippen molar-refractivity contribution in [1.82, 2.24) is 4.31 Å². The van der Waals surface area contributed by atoms with E-state index < -0.39 is 14.9 Å². The SMILES string of the molecule is COc1ccc(S(=O)(=O)N2CCC[C@@H](N)C2)cc1[N+](=O)[O-]. The summed E-state index contributed by atoms with van der Waals surface area (Å²) in [7, 11) is -2.49. The van der Waals surface area contributed by atoms with E-state index in [1.54, 1.807) is 0 Å². The van der Waals surface area contributed by atoms with Gasteiger partial charge in [0.2, 0.25) is 10.0 Å². The van der Waals surface area contributed by atoms with Crippen molar-refractivity contribution < 1.29 is 18.1 Å². The fourth-order valence-corrected chi connectivity index (χ4v) is 3.87. The van der Waals surface area contributed by atoms with Gasteiger partial charge in [-0.25, -0.2) is 8.42 Å². The van der Waals surface area contributed by atoms with Gasteiger partial charge in [0.05, 0.1) is 16.9 Å². The Labute approximate surface area is 122 Å². The van der Waals surface area contributed by atoms with Crippen LogP contribution in [0.15, 0.2) is 23.1 Å². The van der Waals surface area contributed by atoms with Crippen LogP contribution < -0.4 is 10.5 Å². The van der Waals surface area contributed by atoms with E-state index in [0.717, 1.165) is 12.5 Å². The molecule has 8 nitrogen and oxygen atoms in total. The molecule has 0 unspecified atom stereocenters. The van der Waals surface area contributed by atoms with Crippen LogP contribution in [0.25, 0.3) is 0 Å². The maximum Gasteiger partial charge on any atom is 0.312 e. The van der Waals surface area contributed by atoms with Gasteiger partial charge < -0.3 is 10.5 Å². The third-order valence-corrected chi connectivity index (χ3v) is 5.27. The zero-order valence-electron chi connectivity index (χ0n) is 11.6. The van der Waals surface area contributed by atoms with Crippen molar-refractivity contribution in [2.75, 3.05) is 20.2 Å². The maximum absolute atomic E-state index is 12.5. The molecule has 2 rings (SSSR count). The van der Waals surface area contributed by atoms with Crippen molar-refractivity contribution in [2.45, 2.75) is 23.8 Å². The topological polar surface area (TPSA) is 116 Å². The number of nitrogens with zero attached hydrogens (tertiary/aromatic N) is 2. The number of rotatable bonds is 4. The van der Waals surface area contributed by atoms with Gasteiger partial charge in [-0.1, -0.05) is 0 Å². The molecule has 1 saturated heterocycles. The fraction of sp³-hybridized carbons (Fsp3) is 0.500. The Morgan fingerprint density at radius 3 is 2.76 bits per heavy atom. The number of hydrogen-bond donors (Lipinski definition) is 1. The zero-order chi connectivity index (χ0) is 15.6. The van der Waals surface area contributed by atoms with E-state index in [4.69, 9.17) is 10.5 Å². The third kappa shape index (κ3) is 3.14. The summed E-state index contributed by atoms with van der Waals surface area (Å²) in [5.41, 5.74) is 5.41. The van der Waals surface area contributed by atoms with Gasteiger partial charge in [0.1, 0.15) is 0 Å². The molecule has 0 saturated carbocycles. The lowest BCUT2D eigenvalue weighted by molar-refractivity contribution is -0.386. The maximum atomic E-state index is 12.5. The summed E-state index contributed by atoms with van der Waals surface area (Å²) in [6.07, 6.45) is 1.45. The summed E-state index contributed by atoms with van der Waals surface area (Å²) in [6, 6.07) is 3.41. The minimum Gasteiger partial charge on any atom is -0.490 e. The average Bonchev–Trinajstić information content (AvgIpc) is 2.46. The number of benzene rings is 1. The van der Waals surface area contributed by atoms with Gasteiger partial charge in [-0.05, 0) is 25.0 Å². The van der Waals surface area contributed by atoms with E-state index in [-0.39, 0.29) is 28.9 Å². The first-order valence-electron chi connectivity index (χ1n) is 6.44. The number of ether oxygens (including phenoxy) is 1. The molecule has 1 heterocycles. The summed E-state index contributed by atoms with van der Waals surface area (Å²) >= 11 is 0. The van der Waals surface area contributed by atoms with Crippen LogP contribution in [0, 0.1) is 10.1 Å². The summed E-state index contributed by atoms with van der Waals surface area (Å²) in [5.74, 6) is 0.0225. The predicted molar refractivity (Wildman–Crippen MR) is 75.6 cm³/mol. The molecule has 116 valence electrons. The number of piperidine rings is 1. The average molecular weight is 315 g/mol. The summed E-state index contributed by atoms with van der Waals surface area (Å²) < 4.78 is 31.2. The summed E-state index contributed by atoms with van der Waals surface area (Å²) in [5, 5.41) is 11.0. The molecule has 1 aliphatic heterocycles. The Kier molecular flexibility index (Phi) is 4.45. The molecule has 2 N–H and O–H groups in total. The Morgan fingerprint density at radius 1 is 1.48 bits per heavy atom. The molecule has 0 aromatic heterocycles. The van der Waals surface area contributed by atoms with E-state index in [0.29, 0.717) is 13.0 Å². The minimum absolute atomic E-state index is 0.0225. The van der Waals surface area contributed by atoms with Crippen molar-refractivity contribution in [1.29, 1.82) is 0 Å². The molecule has 0 radical (unpaired) electrons. The smallest absolute Gasteiger partial charge is 0.312 e. The normalized spacial score (nSPS) is 20.2. The van der Waals surface area contributed by atoms with Crippen molar-refractivity contribution in [3.05, 3.63) is 28.3 Å². The van der Waals surface area contributed by atoms with Crippen molar-refractivity contribution in [3.63, 3.8) is 0 Å². The molecule has 0 bridgehead atoms. The Balaban J connectivity index is 2.40. The predicted octanol–water partition coefficient (Wildman–Crippen LogP) is 0.715. The molecule has 0 amide bonds. The number of sulfonamides is 1. The Morgan fingerprint density at radius 2 is 2.19 bits per heavy atom. The summed E-state index contributed by atoms with van der Waals surface area (Å²) in [4.78, 5) is 10.2. The Bertz CT molecular complexity index is 646. The molecule has 1 aliphatic rings. The highest BCUT2D eigenvalue weighted by Crippen LogP contribution is 2.31. The van der Waals surface area contributed by atoms with Crippen LogP contribution in [0.1, 0.15) is 12.8 Å². The highest BCUT2D eigenvalue weighted by molar-refractivity contribution is 7.89. The zero-order valence-corrected chi connectivity index (χ0v) is 12.4. The van der Waals surface area contributed by atoms with Crippen LogP contribution in [-0.4, -0.2) is 43.9 Å². The molecule has 1 aromatic rings. The lowest BCUT2D eigenvalue weighted by atomic mass is 10.1. The van der Waals surface area contributed by atoms with E-state index in [9.17, 15) is 18.5 Å². The largest absolute Gasteiger partial charge is 0.490 e. The quantitative estimate of drug-likeness (QED) is 0.646. The van der Waals surface area contributed by atoms with Gasteiger partial charge in [-0.15, -0.1) is 0 Å². The molecular weight excluding hydrogens is 298 g/mol. The molecule has 1 atom stereocenters. The second-order valence-electron chi connectivity index (χ2n) is 4.86. The van der Waals surface area contributed by atoms with Crippen LogP contribution in [0.2, 0.25) is 0 Å². The second-order valence-corrected chi connectivity index (χ2v) is 6.79. The van der Waals surface area contributed by atoms with Gasteiger partial charge >= 0.3 is 5.69 Å². The van der Waals surface area contributed by atoms with Crippen LogP contribution in [-0.2, 0) is 10.0 Å². The van der Waals surface area contributed by atoms with Gasteiger partial charge in [0.25, 0.3) is 0 Å². The number of nitro groups is 1. The monoisotopic (exact) mass is 315 g/mol. The lowest BCUT2D eigenvalue weighted by Gasteiger charge is -2.29. The van der Waals surface area contributed by atoms with Gasteiger partial charge in [-0.2, -0.15) is 4.31 Å². The molecule has 0 spiro atoms. The Hall–Kier alpha value is -1.71. The van der Waals surface area contributed by atoms with Crippen molar-refractivity contribution >= 4 is 15.7 Å². The first-order valence-corrected chi connectivity index (χ1v) is 7.88. The van der Waals surface area contributed by atoms with E-state index in [2.05, 4.69) is 0 Å². The van der Waals surface area contributed by atoms with E-state index >= 15 is 0 Å². The molecule has 1 aromatic carbocycles. The van der Waals surface area contributed by atoms with Crippen molar-refractivity contribution in [3.8, 4) is 5.75 Å². The molecule has 0 aliphatic carbocycles. The van der Waals surface area contributed by atoms with Gasteiger partial charge in [0, 0.05) is 25.2 Å². The first kappa shape index (κ1) is 15.7. The van der Waals surface area contributed by atoms with Gasteiger partial charge in [0.15, 0.2) is 5.75 Å². The molecular formula is C12H17N3O5S. The van der Waals surface area contributed by atoms with Gasteiger partial charge in [-0.3, -0.25) is 10.1 Å². The van der Waals surface area contributed by atoms with Crippen LogP contribution in [0.5, 0.6) is 5.75 Å².